The van der Waals surface area contributed by atoms with Crippen LogP contribution in [0.1, 0.15) is 64.2 Å². The van der Waals surface area contributed by atoms with Crippen molar-refractivity contribution in [2.45, 2.75) is 57.0 Å². The molecule has 2 fully saturated rings. The Kier molecular flexibility index (Phi) is 7.12. The molecule has 238 valence electrons. The highest BCUT2D eigenvalue weighted by atomic mass is 32.1. The van der Waals surface area contributed by atoms with E-state index in [9.17, 15) is 37.5 Å². The molecule has 0 unspecified atom stereocenters. The molecular weight excluding hydrogens is 627 g/mol. The van der Waals surface area contributed by atoms with Crippen LogP contribution in [0.15, 0.2) is 46.8 Å². The molecule has 1 spiro atoms. The Hall–Kier alpha value is -4.76. The molecule has 2 aromatic carbocycles. The highest BCUT2D eigenvalue weighted by Gasteiger charge is 2.56. The van der Waals surface area contributed by atoms with Crippen molar-refractivity contribution in [1.82, 2.24) is 24.8 Å². The molecule has 3 aliphatic rings. The number of amides is 3. The number of hydrogen-bond donors (Lipinski definition) is 2. The number of fused-ring (bicyclic) bond motifs is 6. The zero-order chi connectivity index (χ0) is 32.5. The van der Waals surface area contributed by atoms with Gasteiger partial charge in [0.1, 0.15) is 28.6 Å². The van der Waals surface area contributed by atoms with E-state index in [4.69, 9.17) is 4.84 Å². The average molecular weight is 654 g/mol. The number of benzene rings is 2. The third kappa shape index (κ3) is 4.81. The minimum absolute atomic E-state index is 0.0633. The van der Waals surface area contributed by atoms with Gasteiger partial charge in [-0.2, -0.15) is 0 Å². The molecule has 0 saturated carbocycles. The fraction of sp³-hybridized carbons (Fsp3) is 0.323. The predicted molar refractivity (Wildman–Crippen MR) is 157 cm³/mol. The Balaban J connectivity index is 1.24. The standard InChI is InChI=1S/C31H26F3N5O6S/c1-15-4-5-31(9-25(40)39(45-31)11-16-2-3-22-23(6-16)46-14-36-22)24-13-37(15)30(44)26-28(42)27(41)19(12-38(24)26)29(43)35-10-18-20(33)7-17(32)8-21(18)34/h2-3,6-8,12,14-15,24,42H,4-5,9-11,13H2,1H3,(H,35,43)/t15-,24+,31-/m0/s1. The largest absolute Gasteiger partial charge is 0.503 e. The van der Waals surface area contributed by atoms with Crippen LogP contribution in [0.5, 0.6) is 5.75 Å². The number of carbonyl (C=O) groups excluding carboxylic acids is 3. The lowest BCUT2D eigenvalue weighted by Gasteiger charge is -2.42. The fourth-order valence-electron chi connectivity index (χ4n) is 6.56. The number of halogens is 3. The van der Waals surface area contributed by atoms with Crippen LogP contribution in [0, 0.1) is 17.5 Å². The lowest BCUT2D eigenvalue weighted by Crippen LogP contribution is -2.52. The maximum atomic E-state index is 14.2. The maximum Gasteiger partial charge on any atom is 0.274 e. The van der Waals surface area contributed by atoms with Crippen LogP contribution >= 0.6 is 11.3 Å². The summed E-state index contributed by atoms with van der Waals surface area (Å²) in [6, 6.07) is 5.44. The summed E-state index contributed by atoms with van der Waals surface area (Å²) >= 11 is 1.47. The molecule has 2 aromatic heterocycles. The number of aromatic hydroxyl groups is 1. The first kappa shape index (κ1) is 29.9. The van der Waals surface area contributed by atoms with Gasteiger partial charge in [-0.1, -0.05) is 6.07 Å². The summed E-state index contributed by atoms with van der Waals surface area (Å²) in [7, 11) is 0. The van der Waals surface area contributed by atoms with Gasteiger partial charge in [-0.15, -0.1) is 11.3 Å². The van der Waals surface area contributed by atoms with Gasteiger partial charge < -0.3 is 19.9 Å². The number of carbonyl (C=O) groups is 3. The Morgan fingerprint density at radius 3 is 2.70 bits per heavy atom. The first-order valence-corrected chi connectivity index (χ1v) is 15.4. The van der Waals surface area contributed by atoms with Crippen molar-refractivity contribution < 1.29 is 37.5 Å². The first-order chi connectivity index (χ1) is 22.0. The third-order valence-electron chi connectivity index (χ3n) is 9.02. The number of nitrogens with zero attached hydrogens (tertiary/aromatic N) is 4. The minimum Gasteiger partial charge on any atom is -0.503 e. The van der Waals surface area contributed by atoms with Crippen molar-refractivity contribution in [3.8, 4) is 5.75 Å². The van der Waals surface area contributed by atoms with E-state index < -0.39 is 69.8 Å². The number of nitrogens with one attached hydrogen (secondary N) is 1. The molecule has 4 aromatic rings. The molecule has 2 N–H and O–H groups in total. The lowest BCUT2D eigenvalue weighted by atomic mass is 9.85. The monoisotopic (exact) mass is 653 g/mol. The van der Waals surface area contributed by atoms with Crippen LogP contribution in [-0.2, 0) is 22.7 Å². The molecule has 15 heteroatoms. The van der Waals surface area contributed by atoms with Crippen LogP contribution in [-0.4, -0.2) is 60.5 Å². The van der Waals surface area contributed by atoms with Crippen LogP contribution in [0.4, 0.5) is 13.2 Å². The van der Waals surface area contributed by atoms with Crippen LogP contribution in [0.3, 0.4) is 0 Å². The van der Waals surface area contributed by atoms with E-state index in [-0.39, 0.29) is 37.2 Å². The Bertz CT molecular complexity index is 1990. The van der Waals surface area contributed by atoms with Crippen molar-refractivity contribution in [2.24, 2.45) is 0 Å². The van der Waals surface area contributed by atoms with Gasteiger partial charge in [0, 0.05) is 43.0 Å². The molecule has 2 bridgehead atoms. The van der Waals surface area contributed by atoms with Gasteiger partial charge in [-0.05, 0) is 37.5 Å². The van der Waals surface area contributed by atoms with E-state index in [0.717, 1.165) is 22.0 Å². The normalized spacial score (nSPS) is 22.4. The summed E-state index contributed by atoms with van der Waals surface area (Å²) in [6.45, 7) is 1.31. The molecular formula is C31H26F3N5O6S. The van der Waals surface area contributed by atoms with Gasteiger partial charge in [0.2, 0.25) is 11.3 Å². The van der Waals surface area contributed by atoms with Crippen molar-refractivity contribution in [3.05, 3.63) is 92.1 Å². The summed E-state index contributed by atoms with van der Waals surface area (Å²) in [5.74, 6) is -6.60. The van der Waals surface area contributed by atoms with Crippen molar-refractivity contribution in [3.63, 3.8) is 0 Å². The van der Waals surface area contributed by atoms with Gasteiger partial charge in [-0.25, -0.2) is 23.2 Å². The van der Waals surface area contributed by atoms with Gasteiger partial charge in [0.25, 0.3) is 11.8 Å². The predicted octanol–water partition coefficient (Wildman–Crippen LogP) is 3.79. The van der Waals surface area contributed by atoms with Crippen molar-refractivity contribution >= 4 is 39.3 Å². The Labute approximate surface area is 262 Å². The highest BCUT2D eigenvalue weighted by molar-refractivity contribution is 7.16. The molecule has 11 nitrogen and oxygen atoms in total. The lowest BCUT2D eigenvalue weighted by molar-refractivity contribution is -0.218. The molecule has 3 atom stereocenters. The molecule has 3 amide bonds. The van der Waals surface area contributed by atoms with E-state index in [1.54, 1.807) is 5.51 Å². The van der Waals surface area contributed by atoms with E-state index in [1.165, 1.54) is 25.9 Å². The summed E-state index contributed by atoms with van der Waals surface area (Å²) < 4.78 is 44.0. The summed E-state index contributed by atoms with van der Waals surface area (Å²) in [4.78, 5) is 65.7. The molecule has 2 saturated heterocycles. The van der Waals surface area contributed by atoms with Crippen molar-refractivity contribution in [2.75, 3.05) is 6.54 Å². The van der Waals surface area contributed by atoms with Gasteiger partial charge in [0.05, 0.1) is 34.7 Å². The average Bonchev–Trinajstić information content (AvgIpc) is 3.57. The third-order valence-corrected chi connectivity index (χ3v) is 9.81. The van der Waals surface area contributed by atoms with E-state index >= 15 is 0 Å². The zero-order valence-electron chi connectivity index (χ0n) is 24.3. The second-order valence-electron chi connectivity index (χ2n) is 11.8. The topological polar surface area (TPSA) is 134 Å². The van der Waals surface area contributed by atoms with Gasteiger partial charge in [-0.3, -0.25) is 24.0 Å². The molecule has 0 radical (unpaired) electrons. The number of pyridine rings is 1. The van der Waals surface area contributed by atoms with E-state index in [0.29, 0.717) is 25.0 Å². The quantitative estimate of drug-likeness (QED) is 0.335. The smallest absolute Gasteiger partial charge is 0.274 e. The first-order valence-electron chi connectivity index (χ1n) is 14.5. The second kappa shape index (κ2) is 10.9. The van der Waals surface area contributed by atoms with Crippen LogP contribution in [0.2, 0.25) is 0 Å². The number of thiazole rings is 1. The van der Waals surface area contributed by atoms with Crippen LogP contribution < -0.4 is 10.7 Å². The van der Waals surface area contributed by atoms with Gasteiger partial charge >= 0.3 is 0 Å². The van der Waals surface area contributed by atoms with Crippen LogP contribution in [0.25, 0.3) is 10.2 Å². The minimum atomic E-state index is -1.23. The Morgan fingerprint density at radius 1 is 1.17 bits per heavy atom. The number of hydrogen-bond acceptors (Lipinski definition) is 8. The molecule has 0 aliphatic carbocycles. The number of hydroxylamine groups is 2. The fourth-order valence-corrected chi connectivity index (χ4v) is 7.30. The van der Waals surface area contributed by atoms with Gasteiger partial charge in [0.15, 0.2) is 11.4 Å². The molecule has 3 aliphatic heterocycles. The highest BCUT2D eigenvalue weighted by Crippen LogP contribution is 2.47. The summed E-state index contributed by atoms with van der Waals surface area (Å²) in [5.41, 5.74) is -0.562. The number of rotatable bonds is 5. The van der Waals surface area contributed by atoms with E-state index in [2.05, 4.69) is 10.3 Å². The summed E-state index contributed by atoms with van der Waals surface area (Å²) in [5, 5.41) is 14.5. The number of aromatic nitrogens is 2. The zero-order valence-corrected chi connectivity index (χ0v) is 25.1. The Morgan fingerprint density at radius 2 is 1.93 bits per heavy atom. The second-order valence-corrected chi connectivity index (χ2v) is 12.7. The van der Waals surface area contributed by atoms with E-state index in [1.807, 2.05) is 25.1 Å². The maximum absolute atomic E-state index is 14.2. The molecule has 46 heavy (non-hydrogen) atoms. The molecule has 5 heterocycles. The molecule has 7 rings (SSSR count). The SMILES string of the molecule is C[C@H]1CC[C@]2(CC(=O)N(Cc3ccc4ncsc4c3)O2)[C@H]2CN1C(=O)c1c(O)c(=O)c(C(=O)NCc3c(F)cc(F)cc3F)cn12. The summed E-state index contributed by atoms with van der Waals surface area (Å²) in [6.07, 6.45) is 1.84. The van der Waals surface area contributed by atoms with Crippen molar-refractivity contribution in [1.29, 1.82) is 0 Å².